The van der Waals surface area contributed by atoms with Gasteiger partial charge in [-0.2, -0.15) is 5.10 Å². The van der Waals surface area contributed by atoms with E-state index in [2.05, 4.69) is 5.10 Å². The topological polar surface area (TPSA) is 77.3 Å². The molecule has 0 saturated carbocycles. The summed E-state index contributed by atoms with van der Waals surface area (Å²) in [5, 5.41) is 3.96. The molecule has 2 N–H and O–H groups in total. The number of likely N-dealkylation sites (N-methyl/N-ethyl adjacent to an activating group) is 1. The molecule has 0 atom stereocenters. The van der Waals surface area contributed by atoms with Crippen molar-refractivity contribution in [3.05, 3.63) is 36.5 Å². The fraction of sp³-hybridized carbons (Fsp3) is 0.273. The molecule has 0 aliphatic heterocycles. The largest absolute Gasteiger partial charge is 0.472 e. The van der Waals surface area contributed by atoms with Gasteiger partial charge in [-0.1, -0.05) is 0 Å². The SMILES string of the molecule is CN(Cc1ccoc1)C(=O)Cn1cc(N)cn1. The third-order valence-corrected chi connectivity index (χ3v) is 2.38. The van der Waals surface area contributed by atoms with Gasteiger partial charge in [0.1, 0.15) is 6.54 Å². The lowest BCUT2D eigenvalue weighted by Crippen LogP contribution is -2.29. The van der Waals surface area contributed by atoms with Gasteiger partial charge in [0.05, 0.1) is 24.4 Å². The van der Waals surface area contributed by atoms with E-state index >= 15 is 0 Å². The summed E-state index contributed by atoms with van der Waals surface area (Å²) in [5.74, 6) is -0.0331. The molecule has 0 spiro atoms. The molecule has 0 aliphatic rings. The van der Waals surface area contributed by atoms with Gasteiger partial charge in [-0.15, -0.1) is 0 Å². The van der Waals surface area contributed by atoms with Crippen LogP contribution in [0.4, 0.5) is 5.69 Å². The molecule has 90 valence electrons. The van der Waals surface area contributed by atoms with Crippen LogP contribution in [-0.2, 0) is 17.9 Å². The molecule has 1 amide bonds. The lowest BCUT2D eigenvalue weighted by atomic mass is 10.3. The van der Waals surface area contributed by atoms with E-state index in [0.29, 0.717) is 12.2 Å². The number of hydrogen-bond donors (Lipinski definition) is 1. The third kappa shape index (κ3) is 2.87. The molecular weight excluding hydrogens is 220 g/mol. The highest BCUT2D eigenvalue weighted by molar-refractivity contribution is 5.75. The molecular formula is C11H14N4O2. The van der Waals surface area contributed by atoms with Crippen LogP contribution < -0.4 is 5.73 Å². The van der Waals surface area contributed by atoms with Crippen LogP contribution in [0, 0.1) is 0 Å². The highest BCUT2D eigenvalue weighted by Crippen LogP contribution is 2.05. The number of aromatic nitrogens is 2. The van der Waals surface area contributed by atoms with Crippen LogP contribution in [0.25, 0.3) is 0 Å². The summed E-state index contributed by atoms with van der Waals surface area (Å²) >= 11 is 0. The second-order valence-corrected chi connectivity index (χ2v) is 3.85. The van der Waals surface area contributed by atoms with Gasteiger partial charge in [-0.3, -0.25) is 9.48 Å². The minimum Gasteiger partial charge on any atom is -0.472 e. The summed E-state index contributed by atoms with van der Waals surface area (Å²) in [4.78, 5) is 13.5. The van der Waals surface area contributed by atoms with Gasteiger partial charge in [0.15, 0.2) is 0 Å². The van der Waals surface area contributed by atoms with Gasteiger partial charge in [0, 0.05) is 25.4 Å². The Balaban J connectivity index is 1.91. The summed E-state index contributed by atoms with van der Waals surface area (Å²) in [5.41, 5.74) is 7.03. The summed E-state index contributed by atoms with van der Waals surface area (Å²) in [6, 6.07) is 1.83. The Hall–Kier alpha value is -2.24. The van der Waals surface area contributed by atoms with Crippen molar-refractivity contribution in [1.29, 1.82) is 0 Å². The maximum Gasteiger partial charge on any atom is 0.244 e. The Morgan fingerprint density at radius 1 is 1.65 bits per heavy atom. The van der Waals surface area contributed by atoms with Crippen molar-refractivity contribution in [2.24, 2.45) is 0 Å². The molecule has 0 aromatic carbocycles. The van der Waals surface area contributed by atoms with Gasteiger partial charge in [-0.05, 0) is 6.07 Å². The molecule has 0 radical (unpaired) electrons. The number of anilines is 1. The quantitative estimate of drug-likeness (QED) is 0.845. The van der Waals surface area contributed by atoms with Crippen LogP contribution in [0.1, 0.15) is 5.56 Å². The van der Waals surface area contributed by atoms with Crippen LogP contribution in [0.15, 0.2) is 35.4 Å². The van der Waals surface area contributed by atoms with Gasteiger partial charge >= 0.3 is 0 Å². The Labute approximate surface area is 98.6 Å². The van der Waals surface area contributed by atoms with Crippen molar-refractivity contribution in [1.82, 2.24) is 14.7 Å². The van der Waals surface area contributed by atoms with Gasteiger partial charge < -0.3 is 15.1 Å². The van der Waals surface area contributed by atoms with Gasteiger partial charge in [0.25, 0.3) is 0 Å². The monoisotopic (exact) mass is 234 g/mol. The average molecular weight is 234 g/mol. The fourth-order valence-electron chi connectivity index (χ4n) is 1.47. The molecule has 0 unspecified atom stereocenters. The van der Waals surface area contributed by atoms with E-state index in [1.165, 1.54) is 10.9 Å². The van der Waals surface area contributed by atoms with E-state index in [1.807, 2.05) is 6.07 Å². The van der Waals surface area contributed by atoms with Gasteiger partial charge in [0.2, 0.25) is 5.91 Å². The highest BCUT2D eigenvalue weighted by Gasteiger charge is 2.11. The van der Waals surface area contributed by atoms with Crippen molar-refractivity contribution in [3.63, 3.8) is 0 Å². The smallest absolute Gasteiger partial charge is 0.244 e. The summed E-state index contributed by atoms with van der Waals surface area (Å²) in [6.07, 6.45) is 6.35. The highest BCUT2D eigenvalue weighted by atomic mass is 16.3. The molecule has 2 aromatic heterocycles. The molecule has 6 nitrogen and oxygen atoms in total. The van der Waals surface area contributed by atoms with Gasteiger partial charge in [-0.25, -0.2) is 0 Å². The van der Waals surface area contributed by atoms with Crippen molar-refractivity contribution in [2.45, 2.75) is 13.1 Å². The van der Waals surface area contributed by atoms with Crippen molar-refractivity contribution in [3.8, 4) is 0 Å². The van der Waals surface area contributed by atoms with Crippen LogP contribution >= 0.6 is 0 Å². The maximum absolute atomic E-state index is 11.8. The van der Waals surface area contributed by atoms with Crippen LogP contribution in [0.2, 0.25) is 0 Å². The molecule has 2 aromatic rings. The summed E-state index contributed by atoms with van der Waals surface area (Å²) in [7, 11) is 1.74. The first kappa shape index (κ1) is 11.3. The zero-order valence-electron chi connectivity index (χ0n) is 9.54. The number of amides is 1. The van der Waals surface area contributed by atoms with E-state index < -0.39 is 0 Å². The van der Waals surface area contributed by atoms with Crippen LogP contribution in [0.3, 0.4) is 0 Å². The second-order valence-electron chi connectivity index (χ2n) is 3.85. The predicted octanol–water partition coefficient (Wildman–Crippen LogP) is 0.717. The molecule has 0 bridgehead atoms. The first-order valence-corrected chi connectivity index (χ1v) is 5.18. The molecule has 6 heteroatoms. The zero-order chi connectivity index (χ0) is 12.3. The molecule has 0 fully saturated rings. The molecule has 2 heterocycles. The Bertz CT molecular complexity index is 489. The average Bonchev–Trinajstić information content (AvgIpc) is 2.90. The second kappa shape index (κ2) is 4.73. The predicted molar refractivity (Wildman–Crippen MR) is 61.8 cm³/mol. The number of furan rings is 1. The fourth-order valence-corrected chi connectivity index (χ4v) is 1.47. The van der Waals surface area contributed by atoms with E-state index in [-0.39, 0.29) is 12.5 Å². The van der Waals surface area contributed by atoms with E-state index in [0.717, 1.165) is 5.56 Å². The van der Waals surface area contributed by atoms with E-state index in [1.54, 1.807) is 30.7 Å². The normalized spacial score (nSPS) is 10.4. The zero-order valence-corrected chi connectivity index (χ0v) is 9.54. The van der Waals surface area contributed by atoms with Crippen LogP contribution in [-0.4, -0.2) is 27.6 Å². The first-order chi connectivity index (χ1) is 8.15. The third-order valence-electron chi connectivity index (χ3n) is 2.38. The number of carbonyl (C=O) groups excluding carboxylic acids is 1. The standard InChI is InChI=1S/C11H14N4O2/c1-14(5-9-2-3-17-8-9)11(16)7-15-6-10(12)4-13-15/h2-4,6,8H,5,7,12H2,1H3. The number of nitrogens with zero attached hydrogens (tertiary/aromatic N) is 3. The molecule has 0 aliphatic carbocycles. The van der Waals surface area contributed by atoms with E-state index in [9.17, 15) is 4.79 Å². The number of carbonyl (C=O) groups is 1. The molecule has 0 saturated heterocycles. The number of rotatable bonds is 4. The number of nitrogens with two attached hydrogens (primary N) is 1. The summed E-state index contributed by atoms with van der Waals surface area (Å²) < 4.78 is 6.46. The lowest BCUT2D eigenvalue weighted by Gasteiger charge is -2.15. The minimum absolute atomic E-state index is 0.0331. The summed E-state index contributed by atoms with van der Waals surface area (Å²) in [6.45, 7) is 0.706. The minimum atomic E-state index is -0.0331. The molecule has 2 rings (SSSR count). The first-order valence-electron chi connectivity index (χ1n) is 5.18. The maximum atomic E-state index is 11.8. The van der Waals surface area contributed by atoms with Crippen LogP contribution in [0.5, 0.6) is 0 Å². The van der Waals surface area contributed by atoms with Crippen molar-refractivity contribution < 1.29 is 9.21 Å². The molecule has 17 heavy (non-hydrogen) atoms. The number of nitrogen functional groups attached to an aromatic ring is 1. The number of hydrogen-bond acceptors (Lipinski definition) is 4. The van der Waals surface area contributed by atoms with Crippen molar-refractivity contribution in [2.75, 3.05) is 12.8 Å². The van der Waals surface area contributed by atoms with E-state index in [4.69, 9.17) is 10.2 Å². The lowest BCUT2D eigenvalue weighted by molar-refractivity contribution is -0.131. The van der Waals surface area contributed by atoms with Crippen molar-refractivity contribution >= 4 is 11.6 Å². The Morgan fingerprint density at radius 3 is 3.06 bits per heavy atom. The Morgan fingerprint density at radius 2 is 2.47 bits per heavy atom. The Kier molecular flexibility index (Phi) is 3.13.